The smallest absolute Gasteiger partial charge is 0.179 e. The van der Waals surface area contributed by atoms with E-state index in [1.807, 2.05) is 48.5 Å². The third-order valence-electron chi connectivity index (χ3n) is 6.58. The van der Waals surface area contributed by atoms with Crippen LogP contribution >= 0.6 is 0 Å². The minimum absolute atomic E-state index is 0.0262. The van der Waals surface area contributed by atoms with Gasteiger partial charge in [-0.15, -0.1) is 0 Å². The highest BCUT2D eigenvalue weighted by Crippen LogP contribution is 2.26. The van der Waals surface area contributed by atoms with E-state index in [0.29, 0.717) is 23.8 Å². The van der Waals surface area contributed by atoms with Gasteiger partial charge in [0.2, 0.25) is 0 Å². The van der Waals surface area contributed by atoms with Crippen molar-refractivity contribution in [1.82, 2.24) is 35.1 Å². The number of H-pyrrole nitrogens is 3. The Morgan fingerprint density at radius 3 is 2.76 bits per heavy atom. The summed E-state index contributed by atoms with van der Waals surface area (Å²) in [4.78, 5) is 44.6. The van der Waals surface area contributed by atoms with Crippen molar-refractivity contribution in [3.05, 3.63) is 84.8 Å². The fourth-order valence-corrected chi connectivity index (χ4v) is 4.51. The summed E-state index contributed by atoms with van der Waals surface area (Å²) < 4.78 is 0. The van der Waals surface area contributed by atoms with Crippen molar-refractivity contribution in [3.8, 4) is 11.4 Å². The SMILES string of the molecule is CC(=O)C(CC(=O)c1cc2ccc(-c3nccc(Nc4ccc5[nH]ncc5c4)n3)cc2[nH]1)Cc1cnc[nH]1. The fourth-order valence-electron chi connectivity index (χ4n) is 4.51. The molecule has 4 aromatic heterocycles. The number of rotatable bonds is 9. The molecule has 0 radical (unpaired) electrons. The summed E-state index contributed by atoms with van der Waals surface area (Å²) in [6.07, 6.45) is 7.29. The summed E-state index contributed by atoms with van der Waals surface area (Å²) in [5.41, 5.74) is 4.77. The summed E-state index contributed by atoms with van der Waals surface area (Å²) >= 11 is 0. The number of benzene rings is 2. The molecule has 10 nitrogen and oxygen atoms in total. The first-order valence-corrected chi connectivity index (χ1v) is 12.2. The van der Waals surface area contributed by atoms with E-state index >= 15 is 0 Å². The molecular weight excluding hydrogens is 480 g/mol. The van der Waals surface area contributed by atoms with Crippen molar-refractivity contribution < 1.29 is 9.59 Å². The van der Waals surface area contributed by atoms with E-state index in [0.717, 1.165) is 38.8 Å². The van der Waals surface area contributed by atoms with Crippen LogP contribution in [0.15, 0.2) is 73.4 Å². The maximum Gasteiger partial charge on any atom is 0.179 e. The number of ketones is 2. The Bertz CT molecular complexity index is 1770. The van der Waals surface area contributed by atoms with Gasteiger partial charge in [-0.3, -0.25) is 14.7 Å². The van der Waals surface area contributed by atoms with Gasteiger partial charge < -0.3 is 15.3 Å². The van der Waals surface area contributed by atoms with Gasteiger partial charge >= 0.3 is 0 Å². The van der Waals surface area contributed by atoms with E-state index in [1.54, 1.807) is 24.9 Å². The second-order valence-electron chi connectivity index (χ2n) is 9.26. The van der Waals surface area contributed by atoms with Crippen molar-refractivity contribution in [1.29, 1.82) is 0 Å². The monoisotopic (exact) mass is 504 g/mol. The van der Waals surface area contributed by atoms with Crippen LogP contribution in [-0.2, 0) is 11.2 Å². The Hall–Kier alpha value is -5.12. The Balaban J connectivity index is 1.21. The van der Waals surface area contributed by atoms with Crippen LogP contribution in [0.1, 0.15) is 29.5 Å². The summed E-state index contributed by atoms with van der Waals surface area (Å²) in [5, 5.41) is 12.2. The maximum atomic E-state index is 13.0. The maximum absolute atomic E-state index is 13.0. The lowest BCUT2D eigenvalue weighted by Gasteiger charge is -2.11. The first-order chi connectivity index (χ1) is 18.5. The molecule has 0 aliphatic rings. The molecule has 0 fully saturated rings. The molecule has 4 N–H and O–H groups in total. The molecule has 4 heterocycles. The molecule has 0 saturated carbocycles. The van der Waals surface area contributed by atoms with Gasteiger partial charge in [0, 0.05) is 58.0 Å². The Kier molecular flexibility index (Phi) is 5.97. The Labute approximate surface area is 217 Å². The second-order valence-corrected chi connectivity index (χ2v) is 9.26. The van der Waals surface area contributed by atoms with Gasteiger partial charge in [-0.05, 0) is 49.7 Å². The first-order valence-electron chi connectivity index (χ1n) is 12.2. The van der Waals surface area contributed by atoms with E-state index < -0.39 is 5.92 Å². The number of carbonyl (C=O) groups is 2. The number of fused-ring (bicyclic) bond motifs is 2. The first kappa shape index (κ1) is 23.3. The third-order valence-corrected chi connectivity index (χ3v) is 6.58. The normalized spacial score (nSPS) is 12.1. The standard InChI is InChI=1S/C28H24N8O2/c1-16(37)19(8-22-14-29-15-31-22)12-26(38)25-10-17-2-3-18(11-24(17)34-25)28-30-7-6-27(35-28)33-21-4-5-23-20(9-21)13-32-36-23/h2-7,9-11,13-15,19,34H,8,12H2,1H3,(H,29,31)(H,32,36)(H,30,33,35). The quantitative estimate of drug-likeness (QED) is 0.203. The Morgan fingerprint density at radius 2 is 1.92 bits per heavy atom. The predicted molar refractivity (Wildman–Crippen MR) is 144 cm³/mol. The molecule has 6 rings (SSSR count). The largest absolute Gasteiger partial charge is 0.352 e. The fraction of sp³-hybridized carbons (Fsp3) is 0.143. The third kappa shape index (κ3) is 4.79. The zero-order chi connectivity index (χ0) is 26.1. The van der Waals surface area contributed by atoms with Gasteiger partial charge in [0.1, 0.15) is 11.6 Å². The molecule has 1 unspecified atom stereocenters. The average molecular weight is 505 g/mol. The number of nitrogens with one attached hydrogen (secondary N) is 4. The minimum Gasteiger partial charge on any atom is -0.352 e. The van der Waals surface area contributed by atoms with E-state index in [2.05, 4.69) is 40.4 Å². The highest BCUT2D eigenvalue weighted by Gasteiger charge is 2.22. The molecule has 0 aliphatic carbocycles. The van der Waals surface area contributed by atoms with Gasteiger partial charge in [0.05, 0.1) is 23.7 Å². The summed E-state index contributed by atoms with van der Waals surface area (Å²) in [5.74, 6) is 0.664. The zero-order valence-corrected chi connectivity index (χ0v) is 20.5. The predicted octanol–water partition coefficient (Wildman–Crippen LogP) is 4.99. The van der Waals surface area contributed by atoms with Crippen molar-refractivity contribution >= 4 is 44.9 Å². The van der Waals surface area contributed by atoms with Crippen molar-refractivity contribution in [2.45, 2.75) is 19.8 Å². The number of aromatic nitrogens is 7. The molecule has 0 amide bonds. The molecule has 10 heteroatoms. The number of anilines is 2. The molecular formula is C28H24N8O2. The van der Waals surface area contributed by atoms with Gasteiger partial charge in [-0.1, -0.05) is 12.1 Å². The lowest BCUT2D eigenvalue weighted by atomic mass is 9.93. The van der Waals surface area contributed by atoms with Crippen LogP contribution in [0.3, 0.4) is 0 Å². The highest BCUT2D eigenvalue weighted by molar-refractivity contribution is 6.01. The molecule has 0 spiro atoms. The van der Waals surface area contributed by atoms with Crippen LogP contribution in [0.5, 0.6) is 0 Å². The minimum atomic E-state index is -0.414. The van der Waals surface area contributed by atoms with Gasteiger partial charge in [-0.2, -0.15) is 5.10 Å². The molecule has 0 saturated heterocycles. The molecule has 188 valence electrons. The number of aromatic amines is 3. The van der Waals surface area contributed by atoms with Crippen molar-refractivity contribution in [2.24, 2.45) is 5.92 Å². The van der Waals surface area contributed by atoms with E-state index in [1.165, 1.54) is 6.92 Å². The van der Waals surface area contributed by atoms with Gasteiger partial charge in [-0.25, -0.2) is 15.0 Å². The molecule has 2 aromatic carbocycles. The number of hydrogen-bond donors (Lipinski definition) is 4. The molecule has 38 heavy (non-hydrogen) atoms. The van der Waals surface area contributed by atoms with Crippen LogP contribution in [0.2, 0.25) is 0 Å². The topological polar surface area (TPSA) is 145 Å². The molecule has 1 atom stereocenters. The van der Waals surface area contributed by atoms with Crippen LogP contribution in [0.25, 0.3) is 33.2 Å². The Morgan fingerprint density at radius 1 is 1.00 bits per heavy atom. The summed E-state index contributed by atoms with van der Waals surface area (Å²) in [6, 6.07) is 15.3. The number of hydrogen-bond acceptors (Lipinski definition) is 7. The number of nitrogens with zero attached hydrogens (tertiary/aromatic N) is 4. The van der Waals surface area contributed by atoms with Crippen LogP contribution in [0.4, 0.5) is 11.5 Å². The average Bonchev–Trinajstić information content (AvgIpc) is 3.68. The number of imidazole rings is 1. The van der Waals surface area contributed by atoms with E-state index in [9.17, 15) is 9.59 Å². The second kappa shape index (κ2) is 9.74. The summed E-state index contributed by atoms with van der Waals surface area (Å²) in [6.45, 7) is 1.52. The lowest BCUT2D eigenvalue weighted by molar-refractivity contribution is -0.120. The van der Waals surface area contributed by atoms with Crippen LogP contribution in [-0.4, -0.2) is 46.7 Å². The molecule has 0 aliphatic heterocycles. The van der Waals surface area contributed by atoms with Crippen LogP contribution in [0, 0.1) is 5.92 Å². The van der Waals surface area contributed by atoms with Gasteiger partial charge in [0.15, 0.2) is 11.6 Å². The van der Waals surface area contributed by atoms with Crippen LogP contribution < -0.4 is 5.32 Å². The van der Waals surface area contributed by atoms with E-state index in [-0.39, 0.29) is 18.0 Å². The summed E-state index contributed by atoms with van der Waals surface area (Å²) in [7, 11) is 0. The molecule has 6 aromatic rings. The number of carbonyl (C=O) groups excluding carboxylic acids is 2. The van der Waals surface area contributed by atoms with E-state index in [4.69, 9.17) is 0 Å². The lowest BCUT2D eigenvalue weighted by Crippen LogP contribution is -2.19. The highest BCUT2D eigenvalue weighted by atomic mass is 16.1. The molecule has 0 bridgehead atoms. The van der Waals surface area contributed by atoms with Gasteiger partial charge in [0.25, 0.3) is 0 Å². The van der Waals surface area contributed by atoms with Crippen molar-refractivity contribution in [2.75, 3.05) is 5.32 Å². The van der Waals surface area contributed by atoms with Crippen molar-refractivity contribution in [3.63, 3.8) is 0 Å². The zero-order valence-electron chi connectivity index (χ0n) is 20.5. The number of Topliss-reactive ketones (excluding diaryl/α,β-unsaturated/α-hetero) is 2.